The Morgan fingerprint density at radius 2 is 1.98 bits per heavy atom. The molecule has 4 bridgehead atoms. The Labute approximate surface area is 306 Å². The van der Waals surface area contributed by atoms with Crippen LogP contribution in [0.4, 0.5) is 10.5 Å². The number of fused-ring (bicyclic) bond motifs is 5. The Balaban J connectivity index is 1.68. The lowest BCUT2D eigenvalue weighted by Gasteiger charge is -2.33. The fourth-order valence-electron chi connectivity index (χ4n) is 6.51. The van der Waals surface area contributed by atoms with Crippen molar-refractivity contribution in [1.82, 2.24) is 10.2 Å². The average Bonchev–Trinajstić information content (AvgIpc) is 3.75. The van der Waals surface area contributed by atoms with Crippen molar-refractivity contribution in [3.8, 4) is 5.75 Å². The Kier molecular flexibility index (Phi) is 12.6. The predicted molar refractivity (Wildman–Crippen MR) is 196 cm³/mol. The Hall–Kier alpha value is -3.22. The summed E-state index contributed by atoms with van der Waals surface area (Å²) in [6.45, 7) is 11.2. The number of esters is 1. The monoisotopic (exact) mass is 733 g/mol. The van der Waals surface area contributed by atoms with Gasteiger partial charge in [-0.05, 0) is 57.7 Å². The van der Waals surface area contributed by atoms with E-state index in [-0.39, 0.29) is 46.4 Å². The minimum absolute atomic E-state index is 0.144. The third-order valence-electron chi connectivity index (χ3n) is 10.0. The van der Waals surface area contributed by atoms with Gasteiger partial charge in [0.15, 0.2) is 0 Å². The van der Waals surface area contributed by atoms with E-state index in [9.17, 15) is 19.2 Å². The van der Waals surface area contributed by atoms with Crippen LogP contribution in [0.3, 0.4) is 0 Å². The van der Waals surface area contributed by atoms with Crippen LogP contribution in [-0.4, -0.2) is 90.7 Å². The number of carbonyl (C=O) groups excluding carboxylic acids is 4. The number of anilines is 1. The lowest BCUT2D eigenvalue weighted by Crippen LogP contribution is -2.49. The Morgan fingerprint density at radius 3 is 2.64 bits per heavy atom. The molecule has 3 aliphatic rings. The van der Waals surface area contributed by atoms with Gasteiger partial charge in [0.05, 0.1) is 25.3 Å². The van der Waals surface area contributed by atoms with E-state index in [1.807, 2.05) is 58.1 Å². The van der Waals surface area contributed by atoms with Gasteiger partial charge < -0.3 is 34.1 Å². The number of carbonyl (C=O) groups is 4. The summed E-state index contributed by atoms with van der Waals surface area (Å²) in [6, 6.07) is 2.62. The molecule has 4 rings (SSSR count). The van der Waals surface area contributed by atoms with Gasteiger partial charge in [-0.3, -0.25) is 9.59 Å². The van der Waals surface area contributed by atoms with Crippen LogP contribution in [0.25, 0.3) is 0 Å². The normalized spacial score (nSPS) is 29.7. The molecule has 276 valence electrons. The SMILES string of the molecule is COc1cc2cc(c1Cl)N(C)C(=O)C[C@H](OC(=O)[C@H](C)N(C)C(=O)CCC(C)(C)S)[C@]1(C)O[C@H]1[C@H](C)[C@@H]1CC(C/C=C/C=C(\C)C2)NC(=O)O1. The summed E-state index contributed by atoms with van der Waals surface area (Å²) < 4.78 is 23.3. The molecule has 0 radical (unpaired) electrons. The number of methoxy groups -OCH3 is 1. The molecule has 13 heteroatoms. The van der Waals surface area contributed by atoms with E-state index >= 15 is 0 Å². The minimum atomic E-state index is -1.08. The van der Waals surface area contributed by atoms with Crippen LogP contribution in [0.2, 0.25) is 5.02 Å². The van der Waals surface area contributed by atoms with Crippen LogP contribution >= 0.6 is 24.2 Å². The maximum atomic E-state index is 14.1. The highest BCUT2D eigenvalue weighted by Gasteiger charge is 2.63. The number of epoxide rings is 1. The number of halogens is 1. The van der Waals surface area contributed by atoms with Gasteiger partial charge in [-0.25, -0.2) is 9.59 Å². The highest BCUT2D eigenvalue weighted by molar-refractivity contribution is 7.81. The topological polar surface area (TPSA) is 127 Å². The van der Waals surface area contributed by atoms with Crippen molar-refractivity contribution in [2.24, 2.45) is 5.92 Å². The Bertz CT molecular complexity index is 1530. The van der Waals surface area contributed by atoms with E-state index in [1.54, 1.807) is 27.9 Å². The van der Waals surface area contributed by atoms with Crippen molar-refractivity contribution in [3.63, 3.8) is 0 Å². The number of nitrogens with zero attached hydrogens (tertiary/aromatic N) is 2. The van der Waals surface area contributed by atoms with Gasteiger partial charge in [0.1, 0.15) is 34.6 Å². The molecule has 50 heavy (non-hydrogen) atoms. The third kappa shape index (κ3) is 9.55. The van der Waals surface area contributed by atoms with E-state index in [0.29, 0.717) is 37.1 Å². The molecule has 3 aliphatic heterocycles. The van der Waals surface area contributed by atoms with Crippen LogP contribution in [0.1, 0.15) is 79.2 Å². The number of rotatable bonds is 7. The molecular formula is C37H52ClN3O8S. The molecule has 0 aliphatic carbocycles. The van der Waals surface area contributed by atoms with Crippen molar-refractivity contribution < 1.29 is 38.1 Å². The summed E-state index contributed by atoms with van der Waals surface area (Å²) in [6.07, 6.45) is 5.76. The van der Waals surface area contributed by atoms with E-state index < -0.39 is 42.0 Å². The van der Waals surface area contributed by atoms with Gasteiger partial charge in [0.25, 0.3) is 0 Å². The van der Waals surface area contributed by atoms with Gasteiger partial charge in [0, 0.05) is 43.6 Å². The van der Waals surface area contributed by atoms with Gasteiger partial charge in [-0.2, -0.15) is 12.6 Å². The average molecular weight is 734 g/mol. The van der Waals surface area contributed by atoms with Gasteiger partial charge in [0.2, 0.25) is 11.8 Å². The molecule has 2 fully saturated rings. The fraction of sp³-hybridized carbons (Fsp3) is 0.622. The maximum absolute atomic E-state index is 14.1. The lowest BCUT2D eigenvalue weighted by atomic mass is 9.85. The van der Waals surface area contributed by atoms with Crippen molar-refractivity contribution in [2.75, 3.05) is 26.1 Å². The van der Waals surface area contributed by atoms with E-state index in [2.05, 4.69) is 17.9 Å². The van der Waals surface area contributed by atoms with Gasteiger partial charge in [-0.15, -0.1) is 0 Å². The van der Waals surface area contributed by atoms with Crippen LogP contribution < -0.4 is 15.0 Å². The number of ether oxygens (including phenoxy) is 4. The summed E-state index contributed by atoms with van der Waals surface area (Å²) in [5, 5.41) is 3.18. The first kappa shape index (κ1) is 39.6. The number of hydrogen-bond acceptors (Lipinski definition) is 9. The highest BCUT2D eigenvalue weighted by Crippen LogP contribution is 2.48. The molecule has 1 aromatic carbocycles. The zero-order chi connectivity index (χ0) is 37.1. The number of allylic oxidation sites excluding steroid dienone is 3. The molecule has 0 aromatic heterocycles. The fourth-order valence-corrected chi connectivity index (χ4v) is 6.93. The van der Waals surface area contributed by atoms with Crippen molar-refractivity contribution in [2.45, 2.75) is 121 Å². The molecule has 7 atom stereocenters. The second-order valence-electron chi connectivity index (χ2n) is 14.7. The van der Waals surface area contributed by atoms with Gasteiger partial charge in [-0.1, -0.05) is 56.2 Å². The molecule has 2 saturated heterocycles. The largest absolute Gasteiger partial charge is 0.495 e. The quantitative estimate of drug-likeness (QED) is 0.197. The third-order valence-corrected chi connectivity index (χ3v) is 10.6. The van der Waals surface area contributed by atoms with Crippen LogP contribution in [0, 0.1) is 5.92 Å². The number of thiol groups is 1. The van der Waals surface area contributed by atoms with E-state index in [4.69, 9.17) is 30.5 Å². The zero-order valence-electron chi connectivity index (χ0n) is 30.6. The van der Waals surface area contributed by atoms with Gasteiger partial charge >= 0.3 is 12.1 Å². The Morgan fingerprint density at radius 1 is 1.28 bits per heavy atom. The maximum Gasteiger partial charge on any atom is 0.407 e. The first-order valence-electron chi connectivity index (χ1n) is 17.1. The molecule has 0 saturated carbocycles. The van der Waals surface area contributed by atoms with Crippen LogP contribution in [-0.2, 0) is 35.0 Å². The number of benzene rings is 1. The van der Waals surface area contributed by atoms with Crippen molar-refractivity contribution in [1.29, 1.82) is 0 Å². The number of likely N-dealkylation sites (N-methyl/N-ethyl adjacent to an activating group) is 1. The zero-order valence-corrected chi connectivity index (χ0v) is 32.2. The molecule has 1 N–H and O–H groups in total. The minimum Gasteiger partial charge on any atom is -0.495 e. The number of alkyl carbamates (subject to hydrolysis) is 1. The highest BCUT2D eigenvalue weighted by atomic mass is 35.5. The summed E-state index contributed by atoms with van der Waals surface area (Å²) >= 11 is 11.3. The predicted octanol–water partition coefficient (Wildman–Crippen LogP) is 6.06. The summed E-state index contributed by atoms with van der Waals surface area (Å²) in [4.78, 5) is 56.1. The van der Waals surface area contributed by atoms with Crippen LogP contribution in [0.15, 0.2) is 35.9 Å². The number of hydrogen-bond donors (Lipinski definition) is 2. The number of nitrogens with one attached hydrogen (secondary N) is 1. The second-order valence-corrected chi connectivity index (χ2v) is 16.3. The summed E-state index contributed by atoms with van der Waals surface area (Å²) in [5.41, 5.74) is 1.32. The molecule has 1 unspecified atom stereocenters. The van der Waals surface area contributed by atoms with Crippen LogP contribution in [0.5, 0.6) is 5.75 Å². The van der Waals surface area contributed by atoms with E-state index in [1.165, 1.54) is 16.9 Å². The van der Waals surface area contributed by atoms with Crippen molar-refractivity contribution >= 4 is 53.8 Å². The smallest absolute Gasteiger partial charge is 0.407 e. The molecular weight excluding hydrogens is 682 g/mol. The standard InChI is InChI=1S/C37H52ClN3O8S/c1-21-12-10-11-13-25-19-27(47-35(45)39-25)22(2)33-37(6,49-33)29(48-34(44)23(3)40(7)30(42)14-15-36(4,5)50)20-31(43)41(8)26-17-24(16-21)18-28(46-9)32(26)38/h10-12,17-18,22-23,25,27,29,33,50H,13-16,19-20H2,1-9H3,(H,39,45)/b11-10+,21-12+/t22-,23+,25?,27+,29+,33+,37+/m1/s1. The molecule has 3 heterocycles. The molecule has 1 aromatic rings. The first-order valence-corrected chi connectivity index (χ1v) is 18.0. The first-order chi connectivity index (χ1) is 23.3. The van der Waals surface area contributed by atoms with Crippen molar-refractivity contribution in [3.05, 3.63) is 46.5 Å². The molecule has 0 spiro atoms. The van der Waals surface area contributed by atoms with E-state index in [0.717, 1.165) is 11.1 Å². The molecule has 3 amide bonds. The summed E-state index contributed by atoms with van der Waals surface area (Å²) in [7, 11) is 4.69. The second kappa shape index (κ2) is 16.0. The number of amides is 3. The summed E-state index contributed by atoms with van der Waals surface area (Å²) in [5.74, 6) is -1.12. The lowest BCUT2D eigenvalue weighted by molar-refractivity contribution is -0.162. The molecule has 11 nitrogen and oxygen atoms in total.